The van der Waals surface area contributed by atoms with Crippen molar-refractivity contribution in [3.63, 3.8) is 0 Å². The molecule has 10 heteroatoms. The molecule has 5 heterocycles. The Bertz CT molecular complexity index is 1870. The predicted molar refractivity (Wildman–Crippen MR) is 156 cm³/mol. The summed E-state index contributed by atoms with van der Waals surface area (Å²) in [5, 5.41) is 11.5. The Kier molecular flexibility index (Phi) is 6.17. The molecule has 6 rings (SSSR count). The first-order valence-electron chi connectivity index (χ1n) is 13.3. The number of fused-ring (bicyclic) bond motifs is 2. The van der Waals surface area contributed by atoms with Crippen molar-refractivity contribution in [1.29, 1.82) is 0 Å². The van der Waals surface area contributed by atoms with Crippen molar-refractivity contribution in [1.82, 2.24) is 39.7 Å². The fraction of sp³-hybridized carbons (Fsp3) is 0.267. The molecule has 5 aromatic heterocycles. The molecule has 0 bridgehead atoms. The maximum atomic E-state index is 12.7. The number of aromatic amines is 2. The van der Waals surface area contributed by atoms with Gasteiger partial charge in [-0.25, -0.2) is 15.0 Å². The van der Waals surface area contributed by atoms with Gasteiger partial charge in [0.25, 0.3) is 0 Å². The number of aromatic nitrogens is 8. The second kappa shape index (κ2) is 9.71. The number of imidazole rings is 2. The van der Waals surface area contributed by atoms with Crippen LogP contribution in [0.2, 0.25) is 0 Å². The van der Waals surface area contributed by atoms with Gasteiger partial charge in [0, 0.05) is 30.1 Å². The number of carbonyl (C=O) groups excluding carboxylic acids is 1. The van der Waals surface area contributed by atoms with Gasteiger partial charge in [0.1, 0.15) is 11.2 Å². The van der Waals surface area contributed by atoms with E-state index < -0.39 is 0 Å². The van der Waals surface area contributed by atoms with E-state index in [1.54, 1.807) is 18.7 Å². The average molecular weight is 534 g/mol. The van der Waals surface area contributed by atoms with Crippen molar-refractivity contribution < 1.29 is 4.79 Å². The highest BCUT2D eigenvalue weighted by Gasteiger charge is 2.18. The monoisotopic (exact) mass is 533 g/mol. The van der Waals surface area contributed by atoms with Crippen LogP contribution in [0.3, 0.4) is 0 Å². The summed E-state index contributed by atoms with van der Waals surface area (Å²) in [6.07, 6.45) is 10.3. The standard InChI is InChI=1S/C30H31N9O/c1-6-18-7-19(9-21(8-18)34-25(40)11-30(3,4)5)20-10-22-26(37-38-28(22)32-12-20)29-35-23-13-31-14-24(27(23)36-29)39-15-17(2)33-16-39/h7-10,12-16H,6,11H2,1-5H3,(H,34,40)(H,35,36)(H,32,37,38). The molecule has 6 aromatic rings. The highest BCUT2D eigenvalue weighted by Crippen LogP contribution is 2.32. The molecule has 0 spiro atoms. The average Bonchev–Trinajstić information content (AvgIpc) is 3.64. The smallest absolute Gasteiger partial charge is 0.224 e. The van der Waals surface area contributed by atoms with Gasteiger partial charge in [-0.3, -0.25) is 14.9 Å². The zero-order chi connectivity index (χ0) is 28.0. The van der Waals surface area contributed by atoms with E-state index >= 15 is 0 Å². The Labute approximate surface area is 231 Å². The summed E-state index contributed by atoms with van der Waals surface area (Å²) < 4.78 is 1.92. The van der Waals surface area contributed by atoms with Crippen molar-refractivity contribution in [3.8, 4) is 28.3 Å². The molecular formula is C30H31N9O. The lowest BCUT2D eigenvalue weighted by molar-refractivity contribution is -0.117. The number of benzene rings is 1. The number of carbonyl (C=O) groups is 1. The Morgan fingerprint density at radius 2 is 1.90 bits per heavy atom. The van der Waals surface area contributed by atoms with Crippen molar-refractivity contribution in [2.45, 2.75) is 47.5 Å². The summed E-state index contributed by atoms with van der Waals surface area (Å²) in [5.74, 6) is 0.641. The number of nitrogens with zero attached hydrogens (tertiary/aromatic N) is 6. The molecule has 1 aromatic carbocycles. The van der Waals surface area contributed by atoms with Crippen molar-refractivity contribution in [3.05, 3.63) is 66.6 Å². The highest BCUT2D eigenvalue weighted by molar-refractivity contribution is 5.95. The summed E-state index contributed by atoms with van der Waals surface area (Å²) in [6.45, 7) is 10.2. The number of rotatable bonds is 6. The number of hydrogen-bond acceptors (Lipinski definition) is 6. The van der Waals surface area contributed by atoms with Crippen molar-refractivity contribution in [2.24, 2.45) is 5.41 Å². The number of aryl methyl sites for hydroxylation is 2. The van der Waals surface area contributed by atoms with Crippen LogP contribution in [0.1, 0.15) is 45.4 Å². The minimum Gasteiger partial charge on any atom is -0.335 e. The summed E-state index contributed by atoms with van der Waals surface area (Å²) in [7, 11) is 0. The minimum absolute atomic E-state index is 0.00185. The van der Waals surface area contributed by atoms with Crippen LogP contribution in [0.5, 0.6) is 0 Å². The van der Waals surface area contributed by atoms with Crippen molar-refractivity contribution in [2.75, 3.05) is 5.32 Å². The number of amides is 1. The molecule has 3 N–H and O–H groups in total. The van der Waals surface area contributed by atoms with E-state index in [2.05, 4.69) is 75.3 Å². The lowest BCUT2D eigenvalue weighted by Crippen LogP contribution is -2.19. The van der Waals surface area contributed by atoms with Crippen LogP contribution in [0.4, 0.5) is 5.69 Å². The maximum absolute atomic E-state index is 12.7. The largest absolute Gasteiger partial charge is 0.335 e. The molecule has 0 aliphatic carbocycles. The quantitative estimate of drug-likeness (QED) is 0.241. The van der Waals surface area contributed by atoms with Gasteiger partial charge in [-0.15, -0.1) is 0 Å². The first-order chi connectivity index (χ1) is 19.2. The van der Waals surface area contributed by atoms with Crippen LogP contribution in [-0.2, 0) is 11.2 Å². The molecule has 0 aliphatic heterocycles. The SMILES string of the molecule is CCc1cc(NC(=O)CC(C)(C)C)cc(-c2cnc3n[nH]c(-c4nc5c(-n6cnc(C)c6)cncc5[nH]4)c3c2)c1. The zero-order valence-corrected chi connectivity index (χ0v) is 23.2. The molecule has 0 saturated carbocycles. The lowest BCUT2D eigenvalue weighted by atomic mass is 9.92. The second-order valence-electron chi connectivity index (χ2n) is 11.3. The molecule has 1 amide bonds. The zero-order valence-electron chi connectivity index (χ0n) is 23.2. The third-order valence-corrected chi connectivity index (χ3v) is 6.72. The van der Waals surface area contributed by atoms with Gasteiger partial charge in [0.15, 0.2) is 11.5 Å². The fourth-order valence-electron chi connectivity index (χ4n) is 4.84. The topological polar surface area (TPSA) is 130 Å². The van der Waals surface area contributed by atoms with Gasteiger partial charge in [-0.05, 0) is 48.1 Å². The number of pyridine rings is 2. The second-order valence-corrected chi connectivity index (χ2v) is 11.3. The molecule has 0 aliphatic rings. The van der Waals surface area contributed by atoms with Crippen LogP contribution < -0.4 is 5.32 Å². The molecule has 40 heavy (non-hydrogen) atoms. The lowest BCUT2D eigenvalue weighted by Gasteiger charge is -2.18. The number of nitrogens with one attached hydrogen (secondary N) is 3. The number of anilines is 1. The van der Waals surface area contributed by atoms with E-state index in [1.807, 2.05) is 36.0 Å². The van der Waals surface area contributed by atoms with E-state index in [0.29, 0.717) is 17.9 Å². The molecule has 0 radical (unpaired) electrons. The molecular weight excluding hydrogens is 502 g/mol. The summed E-state index contributed by atoms with van der Waals surface area (Å²) in [4.78, 5) is 34.3. The normalized spacial score (nSPS) is 11.9. The minimum atomic E-state index is -0.0902. The maximum Gasteiger partial charge on any atom is 0.224 e. The van der Waals surface area contributed by atoms with Gasteiger partial charge in [0.2, 0.25) is 5.91 Å². The molecule has 0 atom stereocenters. The van der Waals surface area contributed by atoms with Gasteiger partial charge in [-0.1, -0.05) is 33.8 Å². The molecule has 0 fully saturated rings. The summed E-state index contributed by atoms with van der Waals surface area (Å²) in [6, 6.07) is 8.21. The number of hydrogen-bond donors (Lipinski definition) is 3. The Balaban J connectivity index is 1.39. The molecule has 202 valence electrons. The first kappa shape index (κ1) is 25.4. The van der Waals surface area contributed by atoms with Crippen LogP contribution in [0.15, 0.2) is 55.4 Å². The predicted octanol–water partition coefficient (Wildman–Crippen LogP) is 5.99. The van der Waals surface area contributed by atoms with E-state index in [-0.39, 0.29) is 11.3 Å². The van der Waals surface area contributed by atoms with E-state index in [1.165, 1.54) is 0 Å². The third kappa shape index (κ3) is 4.95. The van der Waals surface area contributed by atoms with E-state index in [0.717, 1.165) is 62.3 Å². The van der Waals surface area contributed by atoms with E-state index in [4.69, 9.17) is 4.98 Å². The Morgan fingerprint density at radius 1 is 1.05 bits per heavy atom. The van der Waals surface area contributed by atoms with Gasteiger partial charge >= 0.3 is 0 Å². The first-order valence-corrected chi connectivity index (χ1v) is 13.3. The van der Waals surface area contributed by atoms with Gasteiger partial charge in [-0.2, -0.15) is 5.10 Å². The highest BCUT2D eigenvalue weighted by atomic mass is 16.1. The summed E-state index contributed by atoms with van der Waals surface area (Å²) in [5.41, 5.74) is 8.36. The summed E-state index contributed by atoms with van der Waals surface area (Å²) >= 11 is 0. The Morgan fingerprint density at radius 3 is 2.65 bits per heavy atom. The van der Waals surface area contributed by atoms with Gasteiger partial charge < -0.3 is 14.9 Å². The van der Waals surface area contributed by atoms with Crippen LogP contribution in [-0.4, -0.2) is 45.6 Å². The van der Waals surface area contributed by atoms with E-state index in [9.17, 15) is 4.79 Å². The van der Waals surface area contributed by atoms with Crippen molar-refractivity contribution >= 4 is 33.7 Å². The van der Waals surface area contributed by atoms with Crippen LogP contribution in [0, 0.1) is 12.3 Å². The number of H-pyrrole nitrogens is 2. The molecule has 10 nitrogen and oxygen atoms in total. The molecule has 0 unspecified atom stereocenters. The Hall–Kier alpha value is -4.86. The molecule has 0 saturated heterocycles. The van der Waals surface area contributed by atoms with Crippen LogP contribution in [0.25, 0.3) is 50.4 Å². The van der Waals surface area contributed by atoms with Crippen LogP contribution >= 0.6 is 0 Å². The third-order valence-electron chi connectivity index (χ3n) is 6.72. The van der Waals surface area contributed by atoms with Gasteiger partial charge in [0.05, 0.1) is 41.0 Å². The fourth-order valence-corrected chi connectivity index (χ4v) is 4.84.